The van der Waals surface area contributed by atoms with Crippen molar-refractivity contribution in [3.63, 3.8) is 0 Å². The molecule has 1 aromatic rings. The molecule has 0 heterocycles. The van der Waals surface area contributed by atoms with Gasteiger partial charge in [-0.25, -0.2) is 0 Å². The molecule has 0 aromatic heterocycles. The monoisotopic (exact) mass is 236 g/mol. The third kappa shape index (κ3) is 4.07. The van der Waals surface area contributed by atoms with Gasteiger partial charge in [-0.2, -0.15) is 0 Å². The lowest BCUT2D eigenvalue weighted by molar-refractivity contribution is 0.0945. The fourth-order valence-corrected chi connectivity index (χ4v) is 1.36. The second-order valence-electron chi connectivity index (χ2n) is 4.35. The minimum atomic E-state index is -0.236. The largest absolute Gasteiger partial charge is 0.507 e. The van der Waals surface area contributed by atoms with Gasteiger partial charge >= 0.3 is 0 Å². The molecule has 0 fully saturated rings. The number of nitrogens with zero attached hydrogens (tertiary/aromatic N) is 1. The van der Waals surface area contributed by atoms with E-state index in [2.05, 4.69) is 24.1 Å². The molecule has 0 saturated heterocycles. The maximum absolute atomic E-state index is 11.7. The van der Waals surface area contributed by atoms with E-state index in [0.29, 0.717) is 18.2 Å². The summed E-state index contributed by atoms with van der Waals surface area (Å²) in [7, 11) is 2.01. The van der Waals surface area contributed by atoms with Crippen LogP contribution in [0.1, 0.15) is 24.2 Å². The third-order valence-electron chi connectivity index (χ3n) is 2.78. The summed E-state index contributed by atoms with van der Waals surface area (Å²) in [6.07, 6.45) is 0. The van der Waals surface area contributed by atoms with Crippen molar-refractivity contribution in [3.8, 4) is 5.75 Å². The number of phenols is 1. The Labute approximate surface area is 102 Å². The number of carbonyl (C=O) groups is 1. The second-order valence-corrected chi connectivity index (χ2v) is 4.35. The zero-order chi connectivity index (χ0) is 12.8. The number of aromatic hydroxyl groups is 1. The first-order valence-electron chi connectivity index (χ1n) is 5.78. The van der Waals surface area contributed by atoms with Crippen LogP contribution in [0.15, 0.2) is 24.3 Å². The van der Waals surface area contributed by atoms with E-state index in [1.165, 1.54) is 6.07 Å². The number of benzene rings is 1. The number of hydrogen-bond donors (Lipinski definition) is 2. The Morgan fingerprint density at radius 1 is 1.41 bits per heavy atom. The minimum Gasteiger partial charge on any atom is -0.507 e. The maximum Gasteiger partial charge on any atom is 0.255 e. The number of nitrogens with one attached hydrogen (secondary N) is 1. The van der Waals surface area contributed by atoms with Crippen molar-refractivity contribution >= 4 is 5.91 Å². The lowest BCUT2D eigenvalue weighted by Gasteiger charge is -2.20. The first kappa shape index (κ1) is 13.5. The molecule has 4 heteroatoms. The lowest BCUT2D eigenvalue weighted by Crippen LogP contribution is -2.36. The van der Waals surface area contributed by atoms with E-state index in [-0.39, 0.29) is 11.7 Å². The van der Waals surface area contributed by atoms with Crippen molar-refractivity contribution in [2.24, 2.45) is 0 Å². The van der Waals surface area contributed by atoms with Gasteiger partial charge in [0.1, 0.15) is 5.75 Å². The van der Waals surface area contributed by atoms with Crippen molar-refractivity contribution in [2.75, 3.05) is 20.1 Å². The van der Waals surface area contributed by atoms with Gasteiger partial charge in [-0.05, 0) is 33.0 Å². The molecule has 0 radical (unpaired) electrons. The van der Waals surface area contributed by atoms with E-state index >= 15 is 0 Å². The van der Waals surface area contributed by atoms with Gasteiger partial charge in [-0.3, -0.25) is 4.79 Å². The summed E-state index contributed by atoms with van der Waals surface area (Å²) in [4.78, 5) is 13.9. The fourth-order valence-electron chi connectivity index (χ4n) is 1.36. The van der Waals surface area contributed by atoms with Crippen LogP contribution < -0.4 is 5.32 Å². The van der Waals surface area contributed by atoms with E-state index in [0.717, 1.165) is 6.54 Å². The molecule has 0 aliphatic heterocycles. The quantitative estimate of drug-likeness (QED) is 0.814. The van der Waals surface area contributed by atoms with E-state index < -0.39 is 0 Å². The Kier molecular flexibility index (Phi) is 4.97. The molecule has 0 aliphatic rings. The SMILES string of the molecule is CC(C)N(C)CCNC(=O)c1ccccc1O. The van der Waals surface area contributed by atoms with Crippen molar-refractivity contribution in [3.05, 3.63) is 29.8 Å². The topological polar surface area (TPSA) is 52.6 Å². The summed E-state index contributed by atoms with van der Waals surface area (Å²) < 4.78 is 0. The summed E-state index contributed by atoms with van der Waals surface area (Å²) in [5.41, 5.74) is 0.319. The highest BCUT2D eigenvalue weighted by molar-refractivity contribution is 5.96. The number of hydrogen-bond acceptors (Lipinski definition) is 3. The van der Waals surface area contributed by atoms with Gasteiger partial charge in [-0.15, -0.1) is 0 Å². The Balaban J connectivity index is 2.43. The van der Waals surface area contributed by atoms with Gasteiger partial charge in [0.25, 0.3) is 5.91 Å². The van der Waals surface area contributed by atoms with Crippen molar-refractivity contribution in [2.45, 2.75) is 19.9 Å². The van der Waals surface area contributed by atoms with Crippen LogP contribution >= 0.6 is 0 Å². The number of phenolic OH excluding ortho intramolecular Hbond substituents is 1. The van der Waals surface area contributed by atoms with Crippen LogP contribution in [0.25, 0.3) is 0 Å². The van der Waals surface area contributed by atoms with Crippen molar-refractivity contribution in [1.82, 2.24) is 10.2 Å². The molecule has 4 nitrogen and oxygen atoms in total. The molecule has 0 unspecified atom stereocenters. The van der Waals surface area contributed by atoms with Crippen LogP contribution in [0.3, 0.4) is 0 Å². The van der Waals surface area contributed by atoms with Gasteiger partial charge in [0.15, 0.2) is 0 Å². The normalized spacial score (nSPS) is 10.9. The first-order valence-corrected chi connectivity index (χ1v) is 5.78. The van der Waals surface area contributed by atoms with Crippen molar-refractivity contribution in [1.29, 1.82) is 0 Å². The molecular weight excluding hydrogens is 216 g/mol. The molecule has 0 bridgehead atoms. The number of carbonyl (C=O) groups excluding carboxylic acids is 1. The smallest absolute Gasteiger partial charge is 0.255 e. The van der Waals surface area contributed by atoms with Crippen molar-refractivity contribution < 1.29 is 9.90 Å². The van der Waals surface area contributed by atoms with Crippen LogP contribution in [0.4, 0.5) is 0 Å². The lowest BCUT2D eigenvalue weighted by atomic mass is 10.2. The molecule has 94 valence electrons. The summed E-state index contributed by atoms with van der Waals surface area (Å²) in [6.45, 7) is 5.56. The summed E-state index contributed by atoms with van der Waals surface area (Å²) in [5.74, 6) is -0.220. The van der Waals surface area contributed by atoms with Gasteiger partial charge in [0.05, 0.1) is 5.56 Å². The summed E-state index contributed by atoms with van der Waals surface area (Å²) >= 11 is 0. The third-order valence-corrected chi connectivity index (χ3v) is 2.78. The standard InChI is InChI=1S/C13H20N2O2/c1-10(2)15(3)9-8-14-13(17)11-6-4-5-7-12(11)16/h4-7,10,16H,8-9H2,1-3H3,(H,14,17). The average Bonchev–Trinajstić information content (AvgIpc) is 2.29. The molecular formula is C13H20N2O2. The molecule has 17 heavy (non-hydrogen) atoms. The second kappa shape index (κ2) is 6.25. The molecule has 0 spiro atoms. The average molecular weight is 236 g/mol. The molecule has 1 aromatic carbocycles. The Hall–Kier alpha value is -1.55. The molecule has 0 atom stereocenters. The van der Waals surface area contributed by atoms with E-state index in [9.17, 15) is 9.90 Å². The Morgan fingerprint density at radius 2 is 2.06 bits per heavy atom. The summed E-state index contributed by atoms with van der Waals surface area (Å²) in [5, 5.41) is 12.3. The minimum absolute atomic E-state index is 0.0159. The fraction of sp³-hybridized carbons (Fsp3) is 0.462. The van der Waals surface area contributed by atoms with Crippen LogP contribution in [0.5, 0.6) is 5.75 Å². The Bertz CT molecular complexity index is 377. The zero-order valence-electron chi connectivity index (χ0n) is 10.6. The maximum atomic E-state index is 11.7. The first-order chi connectivity index (χ1) is 8.02. The molecule has 0 saturated carbocycles. The van der Waals surface area contributed by atoms with Gasteiger partial charge in [0, 0.05) is 19.1 Å². The number of likely N-dealkylation sites (N-methyl/N-ethyl adjacent to an activating group) is 1. The highest BCUT2D eigenvalue weighted by Crippen LogP contribution is 2.14. The zero-order valence-corrected chi connectivity index (χ0v) is 10.6. The molecule has 1 rings (SSSR count). The van der Waals surface area contributed by atoms with Crippen LogP contribution in [0, 0.1) is 0 Å². The van der Waals surface area contributed by atoms with Crippen LogP contribution in [-0.2, 0) is 0 Å². The molecule has 2 N–H and O–H groups in total. The van der Waals surface area contributed by atoms with Crippen LogP contribution in [-0.4, -0.2) is 42.1 Å². The van der Waals surface area contributed by atoms with Gasteiger partial charge in [-0.1, -0.05) is 12.1 Å². The highest BCUT2D eigenvalue weighted by atomic mass is 16.3. The van der Waals surface area contributed by atoms with Gasteiger partial charge < -0.3 is 15.3 Å². The summed E-state index contributed by atoms with van der Waals surface area (Å²) in [6, 6.07) is 7.00. The number of amides is 1. The van der Waals surface area contributed by atoms with E-state index in [1.807, 2.05) is 7.05 Å². The number of para-hydroxylation sites is 1. The molecule has 0 aliphatic carbocycles. The van der Waals surface area contributed by atoms with Crippen LogP contribution in [0.2, 0.25) is 0 Å². The Morgan fingerprint density at radius 3 is 2.65 bits per heavy atom. The van der Waals surface area contributed by atoms with Gasteiger partial charge in [0.2, 0.25) is 0 Å². The van der Waals surface area contributed by atoms with E-state index in [4.69, 9.17) is 0 Å². The van der Waals surface area contributed by atoms with E-state index in [1.54, 1.807) is 18.2 Å². The molecule has 1 amide bonds. The highest BCUT2D eigenvalue weighted by Gasteiger charge is 2.10. The predicted octanol–water partition coefficient (Wildman–Crippen LogP) is 1.46. The predicted molar refractivity (Wildman–Crippen MR) is 68.2 cm³/mol. The number of rotatable bonds is 5.